The van der Waals surface area contributed by atoms with Crippen LogP contribution in [0, 0.1) is 0 Å². The number of halogens is 3. The first kappa shape index (κ1) is 21.9. The number of thiazole rings is 1. The van der Waals surface area contributed by atoms with E-state index in [1.165, 1.54) is 0 Å². The number of morpholine rings is 1. The van der Waals surface area contributed by atoms with Crippen molar-refractivity contribution in [3.63, 3.8) is 0 Å². The third kappa shape index (κ3) is 5.47. The highest BCUT2D eigenvalue weighted by molar-refractivity contribution is 7.07. The molecule has 30 heavy (non-hydrogen) atoms. The third-order valence-corrected chi connectivity index (χ3v) is 6.88. The number of ether oxygens (including phenoxy) is 1. The summed E-state index contributed by atoms with van der Waals surface area (Å²) in [6.45, 7) is 5.52. The van der Waals surface area contributed by atoms with Crippen LogP contribution in [0.25, 0.3) is 11.3 Å². The van der Waals surface area contributed by atoms with Crippen LogP contribution in [0.2, 0.25) is 15.1 Å². The number of aromatic nitrogens is 1. The molecule has 0 aliphatic carbocycles. The zero-order valence-corrected chi connectivity index (χ0v) is 19.4. The lowest BCUT2D eigenvalue weighted by Gasteiger charge is -2.26. The van der Waals surface area contributed by atoms with E-state index < -0.39 is 0 Å². The average Bonchev–Trinajstić information content (AvgIpc) is 3.15. The molecule has 0 unspecified atom stereocenters. The lowest BCUT2D eigenvalue weighted by Crippen LogP contribution is -2.37. The molecule has 2 heterocycles. The van der Waals surface area contributed by atoms with Gasteiger partial charge in [0, 0.05) is 42.1 Å². The van der Waals surface area contributed by atoms with Gasteiger partial charge in [0.1, 0.15) is 0 Å². The lowest BCUT2D eigenvalue weighted by molar-refractivity contribution is 0.0369. The Bertz CT molecular complexity index is 1060. The molecule has 1 aliphatic heterocycles. The Morgan fingerprint density at radius 3 is 2.43 bits per heavy atom. The van der Waals surface area contributed by atoms with Crippen molar-refractivity contribution in [1.29, 1.82) is 0 Å². The maximum atomic E-state index is 6.28. The van der Waals surface area contributed by atoms with Crippen LogP contribution in [0.3, 0.4) is 0 Å². The Morgan fingerprint density at radius 2 is 1.70 bits per heavy atom. The maximum Gasteiger partial charge on any atom is 0.190 e. The molecular formula is C22H22Cl3N3OS. The number of nitrogens with zero attached hydrogens (tertiary/aromatic N) is 3. The minimum Gasteiger partial charge on any atom is -0.379 e. The van der Waals surface area contributed by atoms with Gasteiger partial charge in [-0.05, 0) is 42.8 Å². The molecule has 0 spiro atoms. The Kier molecular flexibility index (Phi) is 7.52. The van der Waals surface area contributed by atoms with Gasteiger partial charge in [0.05, 0.1) is 34.6 Å². The van der Waals surface area contributed by atoms with Gasteiger partial charge in [-0.15, -0.1) is 11.3 Å². The molecule has 0 saturated carbocycles. The minimum atomic E-state index is 0.552. The molecule has 158 valence electrons. The first-order chi connectivity index (χ1) is 14.6. The number of hydrogen-bond donors (Lipinski definition) is 0. The van der Waals surface area contributed by atoms with E-state index >= 15 is 0 Å². The summed E-state index contributed by atoms with van der Waals surface area (Å²) < 4.78 is 7.71. The van der Waals surface area contributed by atoms with Gasteiger partial charge >= 0.3 is 0 Å². The molecule has 0 amide bonds. The summed E-state index contributed by atoms with van der Waals surface area (Å²) in [6, 6.07) is 13.3. The van der Waals surface area contributed by atoms with Gasteiger partial charge in [0.2, 0.25) is 0 Å². The number of benzene rings is 2. The summed E-state index contributed by atoms with van der Waals surface area (Å²) in [5, 5.41) is 3.94. The van der Waals surface area contributed by atoms with Crippen molar-refractivity contribution in [1.82, 2.24) is 9.47 Å². The highest BCUT2D eigenvalue weighted by Crippen LogP contribution is 2.29. The van der Waals surface area contributed by atoms with E-state index in [0.717, 1.165) is 67.6 Å². The largest absolute Gasteiger partial charge is 0.379 e. The van der Waals surface area contributed by atoms with Crippen LogP contribution in [0.1, 0.15) is 6.42 Å². The van der Waals surface area contributed by atoms with Crippen LogP contribution >= 0.6 is 46.1 Å². The summed E-state index contributed by atoms with van der Waals surface area (Å²) in [5.41, 5.74) is 3.00. The predicted molar refractivity (Wildman–Crippen MR) is 126 cm³/mol. The zero-order valence-electron chi connectivity index (χ0n) is 16.4. The monoisotopic (exact) mass is 481 g/mol. The molecule has 0 bridgehead atoms. The van der Waals surface area contributed by atoms with Crippen LogP contribution < -0.4 is 4.80 Å². The second-order valence-corrected chi connectivity index (χ2v) is 9.17. The van der Waals surface area contributed by atoms with Crippen molar-refractivity contribution in [3.05, 3.63) is 67.7 Å². The molecular weight excluding hydrogens is 461 g/mol. The lowest BCUT2D eigenvalue weighted by atomic mass is 10.1. The third-order valence-electron chi connectivity index (χ3n) is 5.02. The average molecular weight is 483 g/mol. The minimum absolute atomic E-state index is 0.552. The van der Waals surface area contributed by atoms with Crippen molar-refractivity contribution in [3.8, 4) is 11.3 Å². The summed E-state index contributed by atoms with van der Waals surface area (Å²) in [7, 11) is 0. The maximum absolute atomic E-state index is 6.28. The molecule has 1 aliphatic rings. The van der Waals surface area contributed by atoms with Crippen molar-refractivity contribution in [2.24, 2.45) is 4.99 Å². The van der Waals surface area contributed by atoms with E-state index in [2.05, 4.69) is 14.8 Å². The van der Waals surface area contributed by atoms with Crippen LogP contribution in [0.5, 0.6) is 0 Å². The van der Waals surface area contributed by atoms with Gasteiger partial charge in [-0.2, -0.15) is 0 Å². The molecule has 4 rings (SSSR count). The Balaban J connectivity index is 1.64. The van der Waals surface area contributed by atoms with Gasteiger partial charge < -0.3 is 9.30 Å². The van der Waals surface area contributed by atoms with Gasteiger partial charge in [0.25, 0.3) is 0 Å². The van der Waals surface area contributed by atoms with Gasteiger partial charge in [-0.1, -0.05) is 40.9 Å². The first-order valence-corrected chi connectivity index (χ1v) is 11.9. The molecule has 0 radical (unpaired) electrons. The summed E-state index contributed by atoms with van der Waals surface area (Å²) in [4.78, 5) is 8.26. The van der Waals surface area contributed by atoms with Crippen molar-refractivity contribution in [2.75, 3.05) is 32.8 Å². The molecule has 1 fully saturated rings. The first-order valence-electron chi connectivity index (χ1n) is 9.84. The summed E-state index contributed by atoms with van der Waals surface area (Å²) in [6.07, 6.45) is 1.03. The fourth-order valence-electron chi connectivity index (χ4n) is 3.42. The second-order valence-electron chi connectivity index (χ2n) is 7.08. The van der Waals surface area contributed by atoms with E-state index in [4.69, 9.17) is 44.5 Å². The Labute approximate surface area is 195 Å². The molecule has 2 aromatic carbocycles. The van der Waals surface area contributed by atoms with Crippen molar-refractivity contribution >= 4 is 51.8 Å². The van der Waals surface area contributed by atoms with Crippen molar-refractivity contribution < 1.29 is 4.74 Å². The fraction of sp³-hybridized carbons (Fsp3) is 0.318. The normalized spacial score (nSPS) is 15.6. The standard InChI is InChI=1S/C22H22Cl3N3OS/c23-17-3-5-18(6-4-17)26-22-28(9-1-8-27-10-12-29-13-11-27)21(15-30-22)16-2-7-19(24)20(25)14-16/h2-7,14-15H,1,8-13H2. The van der Waals surface area contributed by atoms with Crippen LogP contribution in [0.15, 0.2) is 52.8 Å². The molecule has 1 aromatic heterocycles. The zero-order chi connectivity index (χ0) is 20.9. The van der Waals surface area contributed by atoms with Crippen LogP contribution in [0.4, 0.5) is 5.69 Å². The molecule has 0 atom stereocenters. The molecule has 1 saturated heterocycles. The van der Waals surface area contributed by atoms with E-state index in [1.807, 2.05) is 42.5 Å². The molecule has 4 nitrogen and oxygen atoms in total. The topological polar surface area (TPSA) is 29.8 Å². The van der Waals surface area contributed by atoms with E-state index in [1.54, 1.807) is 11.3 Å². The second kappa shape index (κ2) is 10.3. The molecule has 0 N–H and O–H groups in total. The summed E-state index contributed by atoms with van der Waals surface area (Å²) in [5.74, 6) is 0. The smallest absolute Gasteiger partial charge is 0.190 e. The van der Waals surface area contributed by atoms with E-state index in [9.17, 15) is 0 Å². The van der Waals surface area contributed by atoms with Gasteiger partial charge in [-0.25, -0.2) is 4.99 Å². The molecule has 8 heteroatoms. The summed E-state index contributed by atoms with van der Waals surface area (Å²) >= 11 is 20.0. The van der Waals surface area contributed by atoms with E-state index in [-0.39, 0.29) is 0 Å². The van der Waals surface area contributed by atoms with E-state index in [0.29, 0.717) is 15.1 Å². The molecule has 3 aromatic rings. The quantitative estimate of drug-likeness (QED) is 0.423. The number of rotatable bonds is 6. The van der Waals surface area contributed by atoms with Gasteiger partial charge in [0.15, 0.2) is 4.80 Å². The Morgan fingerprint density at radius 1 is 0.933 bits per heavy atom. The highest BCUT2D eigenvalue weighted by atomic mass is 35.5. The van der Waals surface area contributed by atoms with Crippen molar-refractivity contribution in [2.45, 2.75) is 13.0 Å². The SMILES string of the molecule is Clc1ccc(N=c2scc(-c3ccc(Cl)c(Cl)c3)n2CCCN2CCOCC2)cc1. The van der Waals surface area contributed by atoms with Crippen LogP contribution in [-0.2, 0) is 11.3 Å². The number of hydrogen-bond acceptors (Lipinski definition) is 4. The Hall–Kier alpha value is -1.34. The predicted octanol–water partition coefficient (Wildman–Crippen LogP) is 6.13. The highest BCUT2D eigenvalue weighted by Gasteiger charge is 2.13. The van der Waals surface area contributed by atoms with Crippen LogP contribution in [-0.4, -0.2) is 42.3 Å². The van der Waals surface area contributed by atoms with Gasteiger partial charge in [-0.3, -0.25) is 4.90 Å². The fourth-order valence-corrected chi connectivity index (χ4v) is 4.80.